The Kier molecular flexibility index (Phi) is 5.16. The number of anilines is 2. The maximum atomic E-state index is 12.5. The van der Waals surface area contributed by atoms with Crippen LogP contribution in [0.2, 0.25) is 5.02 Å². The van der Waals surface area contributed by atoms with Crippen LogP contribution < -0.4 is 10.2 Å². The van der Waals surface area contributed by atoms with Gasteiger partial charge >= 0.3 is 6.03 Å². The molecule has 3 aromatic rings. The third-order valence-corrected chi connectivity index (χ3v) is 5.01. The first-order valence-corrected chi connectivity index (χ1v) is 9.42. The minimum Gasteiger partial charge on any atom is -0.463 e. The monoisotopic (exact) mass is 397 g/mol. The number of aryl methyl sites for hydroxylation is 1. The molecule has 0 saturated carbocycles. The first-order valence-electron chi connectivity index (χ1n) is 9.05. The number of nitrogens with zero attached hydrogens (tertiary/aromatic N) is 4. The van der Waals surface area contributed by atoms with Crippen molar-refractivity contribution in [1.29, 1.82) is 0 Å². The van der Waals surface area contributed by atoms with E-state index in [0.717, 1.165) is 11.4 Å². The number of rotatable bonds is 3. The van der Waals surface area contributed by atoms with Crippen LogP contribution in [0.5, 0.6) is 0 Å². The molecule has 0 bridgehead atoms. The fraction of sp³-hybridized carbons (Fsp3) is 0.250. The van der Waals surface area contributed by atoms with Gasteiger partial charge in [-0.2, -0.15) is 0 Å². The fourth-order valence-electron chi connectivity index (χ4n) is 3.12. The lowest BCUT2D eigenvalue weighted by Crippen LogP contribution is -2.50. The van der Waals surface area contributed by atoms with Gasteiger partial charge in [-0.15, -0.1) is 10.2 Å². The number of hydrogen-bond acceptors (Lipinski definition) is 5. The van der Waals surface area contributed by atoms with E-state index >= 15 is 0 Å². The van der Waals surface area contributed by atoms with Gasteiger partial charge < -0.3 is 19.5 Å². The summed E-state index contributed by atoms with van der Waals surface area (Å²) in [7, 11) is 0. The molecule has 1 aliphatic heterocycles. The summed E-state index contributed by atoms with van der Waals surface area (Å²) in [6.45, 7) is 4.52. The molecule has 144 valence electrons. The summed E-state index contributed by atoms with van der Waals surface area (Å²) in [4.78, 5) is 16.4. The van der Waals surface area contributed by atoms with Gasteiger partial charge in [0.15, 0.2) is 11.6 Å². The molecule has 1 aliphatic rings. The molecular weight excluding hydrogens is 378 g/mol. The number of urea groups is 1. The van der Waals surface area contributed by atoms with Gasteiger partial charge in [-0.3, -0.25) is 0 Å². The number of amides is 2. The quantitative estimate of drug-likeness (QED) is 0.721. The number of piperazine rings is 1. The number of halogens is 1. The molecule has 2 aromatic heterocycles. The Balaban J connectivity index is 1.35. The van der Waals surface area contributed by atoms with Crippen molar-refractivity contribution >= 4 is 29.1 Å². The highest BCUT2D eigenvalue weighted by molar-refractivity contribution is 6.33. The molecule has 1 N–H and O–H groups in total. The molecular formula is C20H20ClN5O2. The third-order valence-electron chi connectivity index (χ3n) is 4.68. The van der Waals surface area contributed by atoms with Gasteiger partial charge in [0, 0.05) is 26.2 Å². The maximum Gasteiger partial charge on any atom is 0.322 e. The van der Waals surface area contributed by atoms with Crippen molar-refractivity contribution in [3.63, 3.8) is 0 Å². The zero-order valence-electron chi connectivity index (χ0n) is 15.4. The SMILES string of the molecule is Cc1ccc(Cl)c(NC(=O)N2CCN(c3ccc(-c4ccco4)nn3)CC2)c1. The Morgan fingerprint density at radius 1 is 1.11 bits per heavy atom. The summed E-state index contributed by atoms with van der Waals surface area (Å²) in [5, 5.41) is 12.0. The highest BCUT2D eigenvalue weighted by atomic mass is 35.5. The van der Waals surface area contributed by atoms with Crippen LogP contribution in [0.4, 0.5) is 16.3 Å². The van der Waals surface area contributed by atoms with E-state index in [1.54, 1.807) is 17.2 Å². The molecule has 4 rings (SSSR count). The molecule has 0 radical (unpaired) electrons. The van der Waals surface area contributed by atoms with E-state index in [4.69, 9.17) is 16.0 Å². The molecule has 28 heavy (non-hydrogen) atoms. The van der Waals surface area contributed by atoms with Crippen LogP contribution in [0.25, 0.3) is 11.5 Å². The van der Waals surface area contributed by atoms with E-state index in [1.807, 2.05) is 43.3 Å². The normalized spacial score (nSPS) is 14.2. The van der Waals surface area contributed by atoms with Gasteiger partial charge in [-0.05, 0) is 48.9 Å². The number of aromatic nitrogens is 2. The van der Waals surface area contributed by atoms with Gasteiger partial charge in [-0.1, -0.05) is 17.7 Å². The van der Waals surface area contributed by atoms with Crippen LogP contribution in [-0.2, 0) is 0 Å². The molecule has 7 nitrogen and oxygen atoms in total. The zero-order chi connectivity index (χ0) is 19.5. The third kappa shape index (κ3) is 3.94. The van der Waals surface area contributed by atoms with Crippen molar-refractivity contribution in [3.05, 3.63) is 59.3 Å². The number of nitrogens with one attached hydrogen (secondary N) is 1. The van der Waals surface area contributed by atoms with Crippen molar-refractivity contribution in [2.24, 2.45) is 0 Å². The number of carbonyl (C=O) groups excluding carboxylic acids is 1. The molecule has 8 heteroatoms. The Bertz CT molecular complexity index is 951. The largest absolute Gasteiger partial charge is 0.463 e. The van der Waals surface area contributed by atoms with Gasteiger partial charge in [0.2, 0.25) is 0 Å². The summed E-state index contributed by atoms with van der Waals surface area (Å²) < 4.78 is 5.33. The van der Waals surface area contributed by atoms with E-state index in [9.17, 15) is 4.79 Å². The Morgan fingerprint density at radius 3 is 2.61 bits per heavy atom. The molecule has 0 unspecified atom stereocenters. The van der Waals surface area contributed by atoms with E-state index in [-0.39, 0.29) is 6.03 Å². The van der Waals surface area contributed by atoms with Gasteiger partial charge in [-0.25, -0.2) is 4.79 Å². The second-order valence-corrected chi connectivity index (χ2v) is 7.05. The van der Waals surface area contributed by atoms with Crippen LogP contribution in [-0.4, -0.2) is 47.3 Å². The van der Waals surface area contributed by atoms with Crippen LogP contribution >= 0.6 is 11.6 Å². The Labute approximate surface area is 167 Å². The minimum atomic E-state index is -0.147. The summed E-state index contributed by atoms with van der Waals surface area (Å²) in [5.41, 5.74) is 2.37. The van der Waals surface area contributed by atoms with E-state index < -0.39 is 0 Å². The molecule has 1 saturated heterocycles. The Morgan fingerprint density at radius 2 is 1.93 bits per heavy atom. The Hall–Kier alpha value is -3.06. The number of furan rings is 1. The maximum absolute atomic E-state index is 12.5. The lowest BCUT2D eigenvalue weighted by atomic mass is 10.2. The average molecular weight is 398 g/mol. The first-order chi connectivity index (χ1) is 13.6. The van der Waals surface area contributed by atoms with Crippen LogP contribution in [0, 0.1) is 6.92 Å². The summed E-state index contributed by atoms with van der Waals surface area (Å²) in [6.07, 6.45) is 1.61. The van der Waals surface area contributed by atoms with Crippen molar-refractivity contribution < 1.29 is 9.21 Å². The topological polar surface area (TPSA) is 74.5 Å². The number of carbonyl (C=O) groups is 1. The lowest BCUT2D eigenvalue weighted by molar-refractivity contribution is 0.208. The molecule has 1 aromatic carbocycles. The molecule has 1 fully saturated rings. The van der Waals surface area contributed by atoms with Crippen LogP contribution in [0.15, 0.2) is 53.1 Å². The van der Waals surface area contributed by atoms with E-state index in [0.29, 0.717) is 48.3 Å². The average Bonchev–Trinajstić information content (AvgIpc) is 3.26. The second-order valence-electron chi connectivity index (χ2n) is 6.64. The van der Waals surface area contributed by atoms with Crippen molar-refractivity contribution in [2.45, 2.75) is 6.92 Å². The molecule has 0 spiro atoms. The van der Waals surface area contributed by atoms with Gasteiger partial charge in [0.05, 0.1) is 17.0 Å². The lowest BCUT2D eigenvalue weighted by Gasteiger charge is -2.35. The van der Waals surface area contributed by atoms with Crippen LogP contribution in [0.3, 0.4) is 0 Å². The van der Waals surface area contributed by atoms with Crippen molar-refractivity contribution in [2.75, 3.05) is 36.4 Å². The predicted octanol–water partition coefficient (Wildman–Crippen LogP) is 4.05. The van der Waals surface area contributed by atoms with E-state index in [2.05, 4.69) is 20.4 Å². The van der Waals surface area contributed by atoms with Gasteiger partial charge in [0.25, 0.3) is 0 Å². The summed E-state index contributed by atoms with van der Waals surface area (Å²) in [5.74, 6) is 1.48. The fourth-order valence-corrected chi connectivity index (χ4v) is 3.28. The second kappa shape index (κ2) is 7.90. The molecule has 2 amide bonds. The number of benzene rings is 1. The minimum absolute atomic E-state index is 0.147. The smallest absolute Gasteiger partial charge is 0.322 e. The van der Waals surface area contributed by atoms with Crippen molar-refractivity contribution in [1.82, 2.24) is 15.1 Å². The zero-order valence-corrected chi connectivity index (χ0v) is 16.2. The summed E-state index contributed by atoms with van der Waals surface area (Å²) in [6, 6.07) is 12.9. The summed E-state index contributed by atoms with van der Waals surface area (Å²) >= 11 is 6.17. The predicted molar refractivity (Wildman–Crippen MR) is 109 cm³/mol. The highest BCUT2D eigenvalue weighted by Crippen LogP contribution is 2.24. The van der Waals surface area contributed by atoms with Crippen LogP contribution in [0.1, 0.15) is 5.56 Å². The standard InChI is InChI=1S/C20H20ClN5O2/c1-14-4-5-15(21)17(13-14)22-20(27)26-10-8-25(9-11-26)19-7-6-16(23-24-19)18-3-2-12-28-18/h2-7,12-13H,8-11H2,1H3,(H,22,27). The molecule has 0 atom stereocenters. The molecule has 0 aliphatic carbocycles. The van der Waals surface area contributed by atoms with Crippen molar-refractivity contribution in [3.8, 4) is 11.5 Å². The molecule has 3 heterocycles. The van der Waals surface area contributed by atoms with Gasteiger partial charge in [0.1, 0.15) is 5.69 Å². The number of hydrogen-bond donors (Lipinski definition) is 1. The van der Waals surface area contributed by atoms with E-state index in [1.165, 1.54) is 0 Å². The highest BCUT2D eigenvalue weighted by Gasteiger charge is 2.22. The first kappa shape index (κ1) is 18.3.